The highest BCUT2D eigenvalue weighted by Gasteiger charge is 2.49. The molecule has 0 aliphatic carbocycles. The van der Waals surface area contributed by atoms with Crippen LogP contribution in [0.1, 0.15) is 27.7 Å². The SMILES string of the molecule is CCOCCOCCOCCOCCO[Si](c1ccccc1)(c1ccccc1)C(C)(C)C. The molecule has 0 spiro atoms. The fourth-order valence-corrected chi connectivity index (χ4v) is 8.36. The Hall–Kier alpha value is -1.54. The number of hydrogen-bond acceptors (Lipinski definition) is 5. The molecule has 0 atom stereocenters. The van der Waals surface area contributed by atoms with E-state index >= 15 is 0 Å². The first kappa shape index (κ1) is 26.7. The molecule has 0 unspecified atom stereocenters. The van der Waals surface area contributed by atoms with E-state index in [1.165, 1.54) is 10.4 Å². The van der Waals surface area contributed by atoms with Crippen LogP contribution in [-0.2, 0) is 23.4 Å². The third kappa shape index (κ3) is 8.10. The van der Waals surface area contributed by atoms with Crippen molar-refractivity contribution in [3.63, 3.8) is 0 Å². The molecule has 0 N–H and O–H groups in total. The van der Waals surface area contributed by atoms with Crippen molar-refractivity contribution < 1.29 is 23.4 Å². The molecule has 0 saturated carbocycles. The van der Waals surface area contributed by atoms with E-state index < -0.39 is 8.32 Å². The average Bonchev–Trinajstić information content (AvgIpc) is 2.80. The van der Waals surface area contributed by atoms with Crippen LogP contribution >= 0.6 is 0 Å². The fraction of sp³-hybridized carbons (Fsp3) is 0.538. The summed E-state index contributed by atoms with van der Waals surface area (Å²) in [4.78, 5) is 0. The van der Waals surface area contributed by atoms with Crippen molar-refractivity contribution in [3.05, 3.63) is 60.7 Å². The Morgan fingerprint density at radius 1 is 0.562 bits per heavy atom. The summed E-state index contributed by atoms with van der Waals surface area (Å²) in [5.74, 6) is 0. The minimum Gasteiger partial charge on any atom is -0.405 e. The van der Waals surface area contributed by atoms with Crippen LogP contribution in [-0.4, -0.2) is 67.8 Å². The Labute approximate surface area is 195 Å². The van der Waals surface area contributed by atoms with E-state index in [0.29, 0.717) is 52.9 Å². The molecule has 32 heavy (non-hydrogen) atoms. The highest BCUT2D eigenvalue weighted by atomic mass is 28.4. The topological polar surface area (TPSA) is 46.2 Å². The van der Waals surface area contributed by atoms with E-state index in [-0.39, 0.29) is 5.04 Å². The Balaban J connectivity index is 1.82. The maximum atomic E-state index is 6.80. The third-order valence-corrected chi connectivity index (χ3v) is 10.3. The minimum atomic E-state index is -2.49. The highest BCUT2D eigenvalue weighted by Crippen LogP contribution is 2.36. The molecule has 0 aliphatic rings. The van der Waals surface area contributed by atoms with Gasteiger partial charge in [0.25, 0.3) is 8.32 Å². The molecule has 2 aromatic rings. The lowest BCUT2D eigenvalue weighted by atomic mass is 10.2. The summed E-state index contributed by atoms with van der Waals surface area (Å²) in [5, 5.41) is 2.54. The van der Waals surface area contributed by atoms with Crippen LogP contribution < -0.4 is 10.4 Å². The smallest absolute Gasteiger partial charge is 0.261 e. The van der Waals surface area contributed by atoms with Crippen LogP contribution in [0.3, 0.4) is 0 Å². The summed E-state index contributed by atoms with van der Waals surface area (Å²) in [6.07, 6.45) is 0. The largest absolute Gasteiger partial charge is 0.405 e. The summed E-state index contributed by atoms with van der Waals surface area (Å²) in [6, 6.07) is 21.3. The number of benzene rings is 2. The standard InChI is InChI=1S/C26H40O5Si/c1-5-27-16-17-28-18-19-29-20-21-30-22-23-31-32(26(2,3)4,24-12-8-6-9-13-24)25-14-10-7-11-15-25/h6-15H,5,16-23H2,1-4H3. The van der Waals surface area contributed by atoms with Crippen LogP contribution in [0.5, 0.6) is 0 Å². The summed E-state index contributed by atoms with van der Waals surface area (Å²) in [6.45, 7) is 14.1. The van der Waals surface area contributed by atoms with Gasteiger partial charge in [0.1, 0.15) is 0 Å². The lowest BCUT2D eigenvalue weighted by molar-refractivity contribution is -0.00375. The Morgan fingerprint density at radius 3 is 1.31 bits per heavy atom. The van der Waals surface area contributed by atoms with Gasteiger partial charge in [0, 0.05) is 6.61 Å². The third-order valence-electron chi connectivity index (χ3n) is 5.28. The van der Waals surface area contributed by atoms with Crippen LogP contribution in [0.4, 0.5) is 0 Å². The van der Waals surface area contributed by atoms with E-state index in [0.717, 1.165) is 6.61 Å². The molecule has 0 radical (unpaired) electrons. The van der Waals surface area contributed by atoms with Crippen molar-refractivity contribution >= 4 is 18.7 Å². The molecule has 0 saturated heterocycles. The van der Waals surface area contributed by atoms with Gasteiger partial charge >= 0.3 is 0 Å². The first-order valence-corrected chi connectivity index (χ1v) is 13.5. The normalized spacial score (nSPS) is 12.2. The predicted molar refractivity (Wildman–Crippen MR) is 133 cm³/mol. The molecule has 0 fully saturated rings. The molecule has 2 rings (SSSR count). The summed E-state index contributed by atoms with van der Waals surface area (Å²) in [5.41, 5.74) is 0. The molecule has 0 aliphatic heterocycles. The van der Waals surface area contributed by atoms with Crippen molar-refractivity contribution in [2.45, 2.75) is 32.7 Å². The molecule has 0 aromatic heterocycles. The first-order chi connectivity index (χ1) is 15.5. The van der Waals surface area contributed by atoms with Gasteiger partial charge in [0.15, 0.2) is 0 Å². The van der Waals surface area contributed by atoms with Gasteiger partial charge in [-0.05, 0) is 22.3 Å². The number of rotatable bonds is 16. The minimum absolute atomic E-state index is 0.0268. The Morgan fingerprint density at radius 2 is 0.938 bits per heavy atom. The summed E-state index contributed by atoms with van der Waals surface area (Å²) < 4.78 is 28.8. The van der Waals surface area contributed by atoms with Gasteiger partial charge < -0.3 is 23.4 Å². The van der Waals surface area contributed by atoms with E-state index in [9.17, 15) is 0 Å². The highest BCUT2D eigenvalue weighted by molar-refractivity contribution is 6.99. The Kier molecular flexibility index (Phi) is 12.2. The van der Waals surface area contributed by atoms with Gasteiger partial charge in [0.05, 0.1) is 52.9 Å². The predicted octanol–water partition coefficient (Wildman–Crippen LogP) is 3.65. The molecular weight excluding hydrogens is 420 g/mol. The van der Waals surface area contributed by atoms with Gasteiger partial charge in [-0.25, -0.2) is 0 Å². The maximum absolute atomic E-state index is 6.80. The zero-order chi connectivity index (χ0) is 23.1. The summed E-state index contributed by atoms with van der Waals surface area (Å²) >= 11 is 0. The van der Waals surface area contributed by atoms with Crippen LogP contribution in [0.15, 0.2) is 60.7 Å². The number of hydrogen-bond donors (Lipinski definition) is 0. The number of ether oxygens (including phenoxy) is 4. The molecule has 0 amide bonds. The monoisotopic (exact) mass is 460 g/mol. The van der Waals surface area contributed by atoms with Gasteiger partial charge in [-0.2, -0.15) is 0 Å². The van der Waals surface area contributed by atoms with E-state index in [1.807, 2.05) is 6.92 Å². The average molecular weight is 461 g/mol. The van der Waals surface area contributed by atoms with E-state index in [1.54, 1.807) is 0 Å². The molecule has 6 heteroatoms. The summed E-state index contributed by atoms with van der Waals surface area (Å²) in [7, 11) is -2.49. The first-order valence-electron chi connectivity index (χ1n) is 11.6. The second-order valence-electron chi connectivity index (χ2n) is 8.55. The van der Waals surface area contributed by atoms with Gasteiger partial charge in [-0.1, -0.05) is 81.4 Å². The van der Waals surface area contributed by atoms with Crippen molar-refractivity contribution in [3.8, 4) is 0 Å². The van der Waals surface area contributed by atoms with Gasteiger partial charge in [0.2, 0.25) is 0 Å². The Bertz CT molecular complexity index is 679. The molecule has 178 valence electrons. The van der Waals surface area contributed by atoms with Crippen molar-refractivity contribution in [1.29, 1.82) is 0 Å². The molecule has 5 nitrogen and oxygen atoms in total. The maximum Gasteiger partial charge on any atom is 0.261 e. The van der Waals surface area contributed by atoms with Crippen LogP contribution in [0.25, 0.3) is 0 Å². The zero-order valence-electron chi connectivity index (χ0n) is 20.2. The molecule has 0 heterocycles. The van der Waals surface area contributed by atoms with Crippen molar-refractivity contribution in [1.82, 2.24) is 0 Å². The zero-order valence-corrected chi connectivity index (χ0v) is 21.2. The fourth-order valence-electron chi connectivity index (χ4n) is 3.82. The van der Waals surface area contributed by atoms with E-state index in [4.69, 9.17) is 23.4 Å². The lowest BCUT2D eigenvalue weighted by Gasteiger charge is -2.43. The van der Waals surface area contributed by atoms with Crippen molar-refractivity contribution in [2.24, 2.45) is 0 Å². The van der Waals surface area contributed by atoms with Crippen LogP contribution in [0.2, 0.25) is 5.04 Å². The van der Waals surface area contributed by atoms with Crippen LogP contribution in [0, 0.1) is 0 Å². The van der Waals surface area contributed by atoms with Gasteiger partial charge in [-0.3, -0.25) is 0 Å². The second kappa shape index (κ2) is 14.6. The lowest BCUT2D eigenvalue weighted by Crippen LogP contribution is -2.66. The van der Waals surface area contributed by atoms with E-state index in [2.05, 4.69) is 81.4 Å². The molecule has 0 bridgehead atoms. The quantitative estimate of drug-likeness (QED) is 0.283. The van der Waals surface area contributed by atoms with Crippen molar-refractivity contribution in [2.75, 3.05) is 59.5 Å². The molecular formula is C26H40O5Si. The molecule has 2 aromatic carbocycles. The van der Waals surface area contributed by atoms with Gasteiger partial charge in [-0.15, -0.1) is 0 Å². The second-order valence-corrected chi connectivity index (χ2v) is 12.9.